The molecule has 2 nitrogen and oxygen atoms in total. The predicted molar refractivity (Wildman–Crippen MR) is 84.7 cm³/mol. The van der Waals surface area contributed by atoms with Gasteiger partial charge in [0.25, 0.3) is 0 Å². The van der Waals surface area contributed by atoms with Gasteiger partial charge in [0.05, 0.1) is 5.52 Å². The highest BCUT2D eigenvalue weighted by atomic mass is 14.8. The van der Waals surface area contributed by atoms with Crippen molar-refractivity contribution in [1.29, 1.82) is 0 Å². The van der Waals surface area contributed by atoms with Crippen molar-refractivity contribution in [1.82, 2.24) is 10.3 Å². The standard InChI is InChI=1S/C18H18N2/c1-13-5-6-14(12-19-2)10-17(13)15-7-8-18-16(11-15)4-3-9-20-18/h3-11,19H,12H2,1-2H3. The van der Waals surface area contributed by atoms with Crippen LogP contribution in [0.5, 0.6) is 0 Å². The van der Waals surface area contributed by atoms with Crippen LogP contribution in [0.3, 0.4) is 0 Å². The molecule has 0 radical (unpaired) electrons. The van der Waals surface area contributed by atoms with E-state index in [1.165, 1.54) is 27.6 Å². The van der Waals surface area contributed by atoms with Gasteiger partial charge in [0.1, 0.15) is 0 Å². The van der Waals surface area contributed by atoms with Crippen LogP contribution in [-0.4, -0.2) is 12.0 Å². The van der Waals surface area contributed by atoms with Crippen LogP contribution >= 0.6 is 0 Å². The molecule has 20 heavy (non-hydrogen) atoms. The fourth-order valence-electron chi connectivity index (χ4n) is 2.54. The van der Waals surface area contributed by atoms with Gasteiger partial charge in [-0.1, -0.05) is 24.3 Å². The molecule has 3 aromatic rings. The Hall–Kier alpha value is -2.19. The maximum absolute atomic E-state index is 4.38. The van der Waals surface area contributed by atoms with Gasteiger partial charge < -0.3 is 5.32 Å². The first-order valence-corrected chi connectivity index (χ1v) is 6.87. The van der Waals surface area contributed by atoms with Gasteiger partial charge in [0, 0.05) is 18.1 Å². The van der Waals surface area contributed by atoms with Crippen LogP contribution in [0.4, 0.5) is 0 Å². The molecule has 2 aromatic carbocycles. The van der Waals surface area contributed by atoms with E-state index in [2.05, 4.69) is 59.7 Å². The number of pyridine rings is 1. The Morgan fingerprint density at radius 2 is 1.95 bits per heavy atom. The number of nitrogens with zero attached hydrogens (tertiary/aromatic N) is 1. The van der Waals surface area contributed by atoms with E-state index in [0.717, 1.165) is 12.1 Å². The smallest absolute Gasteiger partial charge is 0.0702 e. The van der Waals surface area contributed by atoms with E-state index in [-0.39, 0.29) is 0 Å². The van der Waals surface area contributed by atoms with Crippen LogP contribution < -0.4 is 5.32 Å². The van der Waals surface area contributed by atoms with Crippen molar-refractivity contribution >= 4 is 10.9 Å². The Morgan fingerprint density at radius 3 is 2.80 bits per heavy atom. The van der Waals surface area contributed by atoms with Gasteiger partial charge in [0.2, 0.25) is 0 Å². The lowest BCUT2D eigenvalue weighted by molar-refractivity contribution is 0.818. The number of rotatable bonds is 3. The highest BCUT2D eigenvalue weighted by Crippen LogP contribution is 2.27. The second-order valence-corrected chi connectivity index (χ2v) is 5.09. The van der Waals surface area contributed by atoms with E-state index in [1.54, 1.807) is 0 Å². The normalized spacial score (nSPS) is 10.9. The maximum Gasteiger partial charge on any atom is 0.0702 e. The predicted octanol–water partition coefficient (Wildman–Crippen LogP) is 3.93. The molecule has 0 amide bonds. The summed E-state index contributed by atoms with van der Waals surface area (Å²) in [6.07, 6.45) is 1.83. The Balaban J connectivity index is 2.12. The number of fused-ring (bicyclic) bond motifs is 1. The summed E-state index contributed by atoms with van der Waals surface area (Å²) in [5.74, 6) is 0. The van der Waals surface area contributed by atoms with Crippen LogP contribution in [0, 0.1) is 6.92 Å². The first-order chi connectivity index (χ1) is 9.78. The summed E-state index contributed by atoms with van der Waals surface area (Å²) in [5, 5.41) is 4.39. The molecule has 3 rings (SSSR count). The Morgan fingerprint density at radius 1 is 1.05 bits per heavy atom. The lowest BCUT2D eigenvalue weighted by Gasteiger charge is -2.10. The number of hydrogen-bond acceptors (Lipinski definition) is 2. The van der Waals surface area contributed by atoms with Gasteiger partial charge in [-0.25, -0.2) is 0 Å². The topological polar surface area (TPSA) is 24.9 Å². The fraction of sp³-hybridized carbons (Fsp3) is 0.167. The highest BCUT2D eigenvalue weighted by Gasteiger charge is 2.05. The SMILES string of the molecule is CNCc1ccc(C)c(-c2ccc3ncccc3c2)c1. The third kappa shape index (κ3) is 2.43. The second-order valence-electron chi connectivity index (χ2n) is 5.09. The molecule has 1 N–H and O–H groups in total. The molecule has 0 aliphatic rings. The van der Waals surface area contributed by atoms with Crippen molar-refractivity contribution in [2.75, 3.05) is 7.05 Å². The van der Waals surface area contributed by atoms with E-state index in [0.29, 0.717) is 0 Å². The third-order valence-electron chi connectivity index (χ3n) is 3.60. The monoisotopic (exact) mass is 262 g/mol. The maximum atomic E-state index is 4.38. The molecule has 1 heterocycles. The Labute approximate surface area is 119 Å². The lowest BCUT2D eigenvalue weighted by atomic mass is 9.97. The van der Waals surface area contributed by atoms with Crippen molar-refractivity contribution in [3.63, 3.8) is 0 Å². The molecule has 0 saturated heterocycles. The minimum atomic E-state index is 0.891. The van der Waals surface area contributed by atoms with Crippen molar-refractivity contribution in [3.8, 4) is 11.1 Å². The van der Waals surface area contributed by atoms with Crippen molar-refractivity contribution in [2.24, 2.45) is 0 Å². The van der Waals surface area contributed by atoms with E-state index < -0.39 is 0 Å². The van der Waals surface area contributed by atoms with Crippen LogP contribution in [0.2, 0.25) is 0 Å². The minimum Gasteiger partial charge on any atom is -0.316 e. The molecule has 0 aliphatic heterocycles. The summed E-state index contributed by atoms with van der Waals surface area (Å²) in [7, 11) is 1.97. The Kier molecular flexibility index (Phi) is 3.48. The average molecular weight is 262 g/mol. The zero-order valence-electron chi connectivity index (χ0n) is 11.9. The summed E-state index contributed by atoms with van der Waals surface area (Å²) < 4.78 is 0. The highest BCUT2D eigenvalue weighted by molar-refractivity contribution is 5.85. The van der Waals surface area contributed by atoms with Crippen molar-refractivity contribution < 1.29 is 0 Å². The first-order valence-electron chi connectivity index (χ1n) is 6.87. The van der Waals surface area contributed by atoms with Gasteiger partial charge in [-0.15, -0.1) is 0 Å². The molecule has 0 atom stereocenters. The van der Waals surface area contributed by atoms with E-state index in [9.17, 15) is 0 Å². The fourth-order valence-corrected chi connectivity index (χ4v) is 2.54. The van der Waals surface area contributed by atoms with Crippen LogP contribution in [0.25, 0.3) is 22.0 Å². The summed E-state index contributed by atoms with van der Waals surface area (Å²) in [6, 6.07) is 17.2. The zero-order chi connectivity index (χ0) is 13.9. The number of nitrogens with one attached hydrogen (secondary N) is 1. The van der Waals surface area contributed by atoms with Crippen LogP contribution in [0.1, 0.15) is 11.1 Å². The van der Waals surface area contributed by atoms with Crippen molar-refractivity contribution in [3.05, 3.63) is 65.9 Å². The largest absolute Gasteiger partial charge is 0.316 e. The molecule has 1 aromatic heterocycles. The second kappa shape index (κ2) is 5.43. The van der Waals surface area contributed by atoms with Gasteiger partial charge in [0.15, 0.2) is 0 Å². The quantitative estimate of drug-likeness (QED) is 0.773. The third-order valence-corrected chi connectivity index (χ3v) is 3.60. The van der Waals surface area contributed by atoms with Crippen LogP contribution in [0.15, 0.2) is 54.7 Å². The molecule has 0 spiro atoms. The van der Waals surface area contributed by atoms with Crippen LogP contribution in [-0.2, 0) is 6.54 Å². The van der Waals surface area contributed by atoms with Gasteiger partial charge in [-0.2, -0.15) is 0 Å². The summed E-state index contributed by atoms with van der Waals surface area (Å²) in [6.45, 7) is 3.05. The number of aromatic nitrogens is 1. The van der Waals surface area contributed by atoms with E-state index in [4.69, 9.17) is 0 Å². The molecule has 100 valence electrons. The van der Waals surface area contributed by atoms with Gasteiger partial charge >= 0.3 is 0 Å². The molecular formula is C18H18N2. The summed E-state index contributed by atoms with van der Waals surface area (Å²) in [4.78, 5) is 4.38. The van der Waals surface area contributed by atoms with Gasteiger partial charge in [-0.05, 0) is 60.5 Å². The molecular weight excluding hydrogens is 244 g/mol. The van der Waals surface area contributed by atoms with Crippen molar-refractivity contribution in [2.45, 2.75) is 13.5 Å². The molecule has 0 unspecified atom stereocenters. The summed E-state index contributed by atoms with van der Waals surface area (Å²) >= 11 is 0. The number of hydrogen-bond donors (Lipinski definition) is 1. The average Bonchev–Trinajstić information content (AvgIpc) is 2.49. The first kappa shape index (κ1) is 12.8. The number of benzene rings is 2. The van der Waals surface area contributed by atoms with E-state index >= 15 is 0 Å². The zero-order valence-corrected chi connectivity index (χ0v) is 11.9. The molecule has 0 saturated carbocycles. The molecule has 0 aliphatic carbocycles. The van der Waals surface area contributed by atoms with Gasteiger partial charge in [-0.3, -0.25) is 4.98 Å². The minimum absolute atomic E-state index is 0.891. The summed E-state index contributed by atoms with van der Waals surface area (Å²) in [5.41, 5.74) is 6.19. The lowest BCUT2D eigenvalue weighted by Crippen LogP contribution is -2.05. The Bertz CT molecular complexity index is 747. The molecule has 2 heteroatoms. The molecule has 0 bridgehead atoms. The van der Waals surface area contributed by atoms with E-state index in [1.807, 2.05) is 19.3 Å². The molecule has 0 fully saturated rings. The number of aryl methyl sites for hydroxylation is 1.